The van der Waals surface area contributed by atoms with Crippen LogP contribution in [0.1, 0.15) is 15.9 Å². The molecular formula is C25H25N2O3+. The first-order valence-corrected chi connectivity index (χ1v) is 9.94. The zero-order valence-corrected chi connectivity index (χ0v) is 17.2. The van der Waals surface area contributed by atoms with Crippen LogP contribution in [0.4, 0.5) is 0 Å². The summed E-state index contributed by atoms with van der Waals surface area (Å²) in [5.74, 6) is 1.56. The molecule has 0 aliphatic carbocycles. The van der Waals surface area contributed by atoms with E-state index in [2.05, 4.69) is 10.6 Å². The lowest BCUT2D eigenvalue weighted by atomic mass is 10.0. The van der Waals surface area contributed by atoms with E-state index in [4.69, 9.17) is 9.47 Å². The summed E-state index contributed by atoms with van der Waals surface area (Å²) in [6, 6.07) is 19.9. The third-order valence-electron chi connectivity index (χ3n) is 5.25. The number of rotatable bonds is 8. The number of carbonyl (C=O) groups is 1. The molecule has 152 valence electrons. The number of carbonyl (C=O) groups excluding carboxylic acids is 1. The molecule has 0 N–H and O–H groups in total. The Morgan fingerprint density at radius 2 is 1.73 bits per heavy atom. The van der Waals surface area contributed by atoms with Crippen LogP contribution in [-0.2, 0) is 19.5 Å². The first-order valence-electron chi connectivity index (χ1n) is 9.94. The van der Waals surface area contributed by atoms with Gasteiger partial charge in [-0.1, -0.05) is 42.5 Å². The predicted molar refractivity (Wildman–Crippen MR) is 116 cm³/mol. The zero-order valence-electron chi connectivity index (χ0n) is 17.2. The van der Waals surface area contributed by atoms with Crippen LogP contribution in [0.3, 0.4) is 0 Å². The maximum absolute atomic E-state index is 12.7. The number of aryl methyl sites for hydroxylation is 2. The molecule has 4 rings (SSSR count). The van der Waals surface area contributed by atoms with Gasteiger partial charge in [0.25, 0.3) is 0 Å². The first kappa shape index (κ1) is 19.7. The van der Waals surface area contributed by atoms with Gasteiger partial charge in [-0.15, -0.1) is 0 Å². The van der Waals surface area contributed by atoms with Crippen molar-refractivity contribution in [3.8, 4) is 11.5 Å². The molecular weight excluding hydrogens is 376 g/mol. The number of aromatic nitrogens is 2. The minimum atomic E-state index is 0.100. The third kappa shape index (κ3) is 4.35. The first-order chi connectivity index (χ1) is 14.7. The number of hydrogen-bond donors (Lipinski definition) is 0. The van der Waals surface area contributed by atoms with E-state index in [1.807, 2.05) is 77.9 Å². The number of benzene rings is 3. The van der Waals surface area contributed by atoms with Gasteiger partial charge >= 0.3 is 0 Å². The Morgan fingerprint density at radius 1 is 0.933 bits per heavy atom. The molecule has 0 fully saturated rings. The molecule has 5 heteroatoms. The van der Waals surface area contributed by atoms with E-state index in [1.165, 1.54) is 5.56 Å². The van der Waals surface area contributed by atoms with Gasteiger partial charge in [0.2, 0.25) is 12.1 Å². The highest BCUT2D eigenvalue weighted by atomic mass is 16.5. The van der Waals surface area contributed by atoms with E-state index in [1.54, 1.807) is 14.2 Å². The minimum absolute atomic E-state index is 0.100. The van der Waals surface area contributed by atoms with Crippen LogP contribution >= 0.6 is 0 Å². The number of methoxy groups -OCH3 is 2. The Morgan fingerprint density at radius 3 is 2.53 bits per heavy atom. The van der Waals surface area contributed by atoms with Gasteiger partial charge in [0.15, 0.2) is 18.0 Å². The average molecular weight is 401 g/mol. The molecule has 0 saturated heterocycles. The fraction of sp³-hybridized carbons (Fsp3) is 0.200. The summed E-state index contributed by atoms with van der Waals surface area (Å²) in [7, 11) is 3.28. The monoisotopic (exact) mass is 401 g/mol. The summed E-state index contributed by atoms with van der Waals surface area (Å²) in [6.07, 6.45) is 6.76. The van der Waals surface area contributed by atoms with Crippen LogP contribution in [0.15, 0.2) is 79.4 Å². The third-order valence-corrected chi connectivity index (χ3v) is 5.25. The molecule has 4 aromatic rings. The number of Topliss-reactive ketones (excluding diaryl/α,β-unsaturated/α-hetero) is 1. The van der Waals surface area contributed by atoms with Crippen molar-refractivity contribution in [1.82, 2.24) is 4.57 Å². The molecule has 0 radical (unpaired) electrons. The topological polar surface area (TPSA) is 44.3 Å². The maximum Gasteiger partial charge on any atom is 0.244 e. The lowest BCUT2D eigenvalue weighted by Gasteiger charge is -2.08. The molecule has 0 bridgehead atoms. The highest BCUT2D eigenvalue weighted by Crippen LogP contribution is 2.27. The van der Waals surface area contributed by atoms with Crippen molar-refractivity contribution in [1.29, 1.82) is 0 Å². The van der Waals surface area contributed by atoms with Gasteiger partial charge in [-0.3, -0.25) is 4.79 Å². The summed E-state index contributed by atoms with van der Waals surface area (Å²) < 4.78 is 14.7. The number of ether oxygens (including phenoxy) is 2. The number of ketones is 1. The van der Waals surface area contributed by atoms with Gasteiger partial charge in [-0.25, -0.2) is 9.13 Å². The molecule has 0 aliphatic rings. The lowest BCUT2D eigenvalue weighted by Crippen LogP contribution is -2.35. The summed E-state index contributed by atoms with van der Waals surface area (Å²) in [5, 5.41) is 2.23. The number of imidazole rings is 1. The highest BCUT2D eigenvalue weighted by molar-refractivity contribution is 5.99. The Kier molecular flexibility index (Phi) is 5.80. The van der Waals surface area contributed by atoms with E-state index in [9.17, 15) is 4.79 Å². The van der Waals surface area contributed by atoms with Crippen LogP contribution in [0.5, 0.6) is 11.5 Å². The van der Waals surface area contributed by atoms with Crippen LogP contribution < -0.4 is 14.0 Å². The zero-order chi connectivity index (χ0) is 20.9. The molecule has 0 aliphatic heterocycles. The lowest BCUT2D eigenvalue weighted by molar-refractivity contribution is -0.682. The van der Waals surface area contributed by atoms with Crippen molar-refractivity contribution < 1.29 is 18.8 Å². The van der Waals surface area contributed by atoms with Crippen molar-refractivity contribution in [2.45, 2.75) is 19.5 Å². The number of hydrogen-bond acceptors (Lipinski definition) is 3. The van der Waals surface area contributed by atoms with Crippen molar-refractivity contribution in [2.24, 2.45) is 0 Å². The average Bonchev–Trinajstić information content (AvgIpc) is 3.24. The molecule has 3 aromatic carbocycles. The predicted octanol–water partition coefficient (Wildman–Crippen LogP) is 4.07. The second kappa shape index (κ2) is 8.82. The summed E-state index contributed by atoms with van der Waals surface area (Å²) in [6.45, 7) is 1.13. The normalized spacial score (nSPS) is 10.9. The van der Waals surface area contributed by atoms with Crippen molar-refractivity contribution in [3.05, 3.63) is 90.5 Å². The van der Waals surface area contributed by atoms with Crippen LogP contribution in [0.2, 0.25) is 0 Å². The summed E-state index contributed by atoms with van der Waals surface area (Å²) >= 11 is 0. The Bertz CT molecular complexity index is 1180. The van der Waals surface area contributed by atoms with Crippen molar-refractivity contribution >= 4 is 16.6 Å². The maximum atomic E-state index is 12.7. The van der Waals surface area contributed by atoms with E-state index >= 15 is 0 Å². The van der Waals surface area contributed by atoms with Crippen LogP contribution in [0.25, 0.3) is 10.8 Å². The van der Waals surface area contributed by atoms with Gasteiger partial charge in [0.05, 0.1) is 20.8 Å². The van der Waals surface area contributed by atoms with Crippen molar-refractivity contribution in [2.75, 3.05) is 14.2 Å². The molecule has 30 heavy (non-hydrogen) atoms. The largest absolute Gasteiger partial charge is 0.493 e. The van der Waals surface area contributed by atoms with Crippen molar-refractivity contribution in [3.63, 3.8) is 0 Å². The molecule has 1 aromatic heterocycles. The van der Waals surface area contributed by atoms with Crippen LogP contribution in [-0.4, -0.2) is 24.6 Å². The van der Waals surface area contributed by atoms with Gasteiger partial charge in [0.1, 0.15) is 12.4 Å². The van der Waals surface area contributed by atoms with Gasteiger partial charge in [-0.2, -0.15) is 0 Å². The smallest absolute Gasteiger partial charge is 0.244 e. The molecule has 1 heterocycles. The fourth-order valence-electron chi connectivity index (χ4n) is 3.58. The summed E-state index contributed by atoms with van der Waals surface area (Å²) in [5.41, 5.74) is 1.90. The van der Waals surface area contributed by atoms with Crippen LogP contribution in [0, 0.1) is 0 Å². The highest BCUT2D eigenvalue weighted by Gasteiger charge is 2.13. The quantitative estimate of drug-likeness (QED) is 0.330. The standard InChI is InChI=1S/C25H25N2O3/c1-29-24-10-7-19(15-25(24)30-2)11-12-26-13-14-27(18-26)17-23(28)22-9-8-20-5-3-4-6-21(20)16-22/h3-10,13-16,18H,11-12,17H2,1-2H3/q+1. The number of fused-ring (bicyclic) bond motifs is 1. The second-order valence-corrected chi connectivity index (χ2v) is 7.25. The fourth-order valence-corrected chi connectivity index (χ4v) is 3.58. The van der Waals surface area contributed by atoms with E-state index in [0.717, 1.165) is 40.8 Å². The Balaban J connectivity index is 1.39. The SMILES string of the molecule is COc1ccc(CCn2cc[n+](CC(=O)c3ccc4ccccc4c3)c2)cc1OC. The Labute approximate surface area is 176 Å². The van der Waals surface area contributed by atoms with E-state index in [0.29, 0.717) is 6.54 Å². The summed E-state index contributed by atoms with van der Waals surface area (Å²) in [4.78, 5) is 12.7. The Hall–Kier alpha value is -3.60. The molecule has 5 nitrogen and oxygen atoms in total. The molecule has 0 spiro atoms. The molecule has 0 atom stereocenters. The van der Waals surface area contributed by atoms with E-state index < -0.39 is 0 Å². The van der Waals surface area contributed by atoms with E-state index in [-0.39, 0.29) is 5.78 Å². The van der Waals surface area contributed by atoms with Gasteiger partial charge in [0, 0.05) is 12.0 Å². The molecule has 0 unspecified atom stereocenters. The molecule has 0 amide bonds. The second-order valence-electron chi connectivity index (χ2n) is 7.25. The number of nitrogens with zero attached hydrogens (tertiary/aromatic N) is 2. The minimum Gasteiger partial charge on any atom is -0.493 e. The molecule has 0 saturated carbocycles. The van der Waals surface area contributed by atoms with Gasteiger partial charge in [-0.05, 0) is 34.5 Å². The van der Waals surface area contributed by atoms with Gasteiger partial charge < -0.3 is 9.47 Å².